The van der Waals surface area contributed by atoms with E-state index in [4.69, 9.17) is 4.74 Å². The maximum absolute atomic E-state index is 13.2. The molecule has 0 saturated heterocycles. The molecular weight excluding hydrogens is 375 g/mol. The summed E-state index contributed by atoms with van der Waals surface area (Å²) in [4.78, 5) is 0.0711. The van der Waals surface area contributed by atoms with E-state index in [1.807, 2.05) is 24.3 Å². The van der Waals surface area contributed by atoms with Gasteiger partial charge in [0.1, 0.15) is 11.6 Å². The average molecular weight is 388 g/mol. The van der Waals surface area contributed by atoms with E-state index in [1.165, 1.54) is 6.07 Å². The van der Waals surface area contributed by atoms with E-state index in [0.29, 0.717) is 6.42 Å². The van der Waals surface area contributed by atoms with E-state index < -0.39 is 0 Å². The van der Waals surface area contributed by atoms with E-state index in [-0.39, 0.29) is 10.6 Å². The maximum atomic E-state index is 13.2. The summed E-state index contributed by atoms with van der Waals surface area (Å²) >= 11 is 7.10. The molecule has 1 unspecified atom stereocenters. The Morgan fingerprint density at radius 3 is 2.68 bits per heavy atom. The molecule has 0 fully saturated rings. The molecule has 0 aromatic heterocycles. The lowest BCUT2D eigenvalue weighted by Crippen LogP contribution is -1.99. The number of halogens is 3. The molecule has 100 valence electrons. The number of benzene rings is 2. The Balaban J connectivity index is 2.24. The van der Waals surface area contributed by atoms with Crippen LogP contribution in [0.25, 0.3) is 0 Å². The molecule has 0 aliphatic rings. The van der Waals surface area contributed by atoms with Crippen LogP contribution in [0.4, 0.5) is 4.39 Å². The van der Waals surface area contributed by atoms with Crippen molar-refractivity contribution in [3.8, 4) is 5.75 Å². The monoisotopic (exact) mass is 386 g/mol. The van der Waals surface area contributed by atoms with E-state index in [9.17, 15) is 4.39 Å². The molecule has 0 saturated carbocycles. The molecule has 0 radical (unpaired) electrons. The summed E-state index contributed by atoms with van der Waals surface area (Å²) in [6.45, 7) is 0. The Kier molecular flexibility index (Phi) is 4.99. The van der Waals surface area contributed by atoms with E-state index in [2.05, 4.69) is 31.9 Å². The second kappa shape index (κ2) is 6.53. The van der Waals surface area contributed by atoms with E-state index >= 15 is 0 Å². The van der Waals surface area contributed by atoms with Crippen molar-refractivity contribution in [3.05, 3.63) is 63.9 Å². The van der Waals surface area contributed by atoms with Crippen molar-refractivity contribution in [2.24, 2.45) is 0 Å². The number of rotatable bonds is 4. The van der Waals surface area contributed by atoms with Crippen LogP contribution in [-0.4, -0.2) is 7.11 Å². The number of hydrogen-bond acceptors (Lipinski definition) is 1. The molecule has 0 N–H and O–H groups in total. The summed E-state index contributed by atoms with van der Waals surface area (Å²) in [5.41, 5.74) is 1.99. The third kappa shape index (κ3) is 3.80. The van der Waals surface area contributed by atoms with Gasteiger partial charge in [0, 0.05) is 14.9 Å². The second-order valence-electron chi connectivity index (χ2n) is 4.19. The molecule has 0 aliphatic heterocycles. The van der Waals surface area contributed by atoms with Gasteiger partial charge in [-0.25, -0.2) is 4.39 Å². The van der Waals surface area contributed by atoms with Crippen molar-refractivity contribution in [3.63, 3.8) is 0 Å². The van der Waals surface area contributed by atoms with Crippen LogP contribution in [0.5, 0.6) is 5.75 Å². The average Bonchev–Trinajstić information content (AvgIpc) is 2.38. The lowest BCUT2D eigenvalue weighted by atomic mass is 10.0. The number of methoxy groups -OCH3 is 1. The fourth-order valence-electron chi connectivity index (χ4n) is 1.93. The summed E-state index contributed by atoms with van der Waals surface area (Å²) < 4.78 is 19.5. The fourth-order valence-corrected chi connectivity index (χ4v) is 3.04. The van der Waals surface area contributed by atoms with Crippen LogP contribution in [0.2, 0.25) is 0 Å². The minimum Gasteiger partial charge on any atom is -0.496 e. The molecule has 1 atom stereocenters. The SMILES string of the molecule is COc1ccc(Br)cc1C(Br)Cc1cccc(F)c1. The smallest absolute Gasteiger partial charge is 0.123 e. The van der Waals surface area contributed by atoms with Crippen LogP contribution in [-0.2, 0) is 6.42 Å². The van der Waals surface area contributed by atoms with Crippen LogP contribution in [0.15, 0.2) is 46.9 Å². The number of alkyl halides is 1. The molecule has 19 heavy (non-hydrogen) atoms. The zero-order valence-electron chi connectivity index (χ0n) is 10.4. The van der Waals surface area contributed by atoms with Crippen molar-refractivity contribution in [1.29, 1.82) is 0 Å². The first-order valence-corrected chi connectivity index (χ1v) is 7.53. The lowest BCUT2D eigenvalue weighted by Gasteiger charge is -2.15. The zero-order chi connectivity index (χ0) is 13.8. The van der Waals surface area contributed by atoms with E-state index in [0.717, 1.165) is 21.3 Å². The molecule has 4 heteroatoms. The summed E-state index contributed by atoms with van der Waals surface area (Å²) in [6.07, 6.45) is 0.699. The Morgan fingerprint density at radius 1 is 1.21 bits per heavy atom. The quantitative estimate of drug-likeness (QED) is 0.649. The van der Waals surface area contributed by atoms with Crippen molar-refractivity contribution >= 4 is 31.9 Å². The highest BCUT2D eigenvalue weighted by Gasteiger charge is 2.14. The van der Waals surface area contributed by atoms with Crippen molar-refractivity contribution in [2.45, 2.75) is 11.2 Å². The zero-order valence-corrected chi connectivity index (χ0v) is 13.5. The summed E-state index contributed by atoms with van der Waals surface area (Å²) in [6, 6.07) is 12.5. The minimum absolute atomic E-state index is 0.0711. The molecule has 0 heterocycles. The summed E-state index contributed by atoms with van der Waals surface area (Å²) in [5.74, 6) is 0.611. The number of hydrogen-bond donors (Lipinski definition) is 0. The van der Waals surface area contributed by atoms with Crippen LogP contribution in [0.3, 0.4) is 0 Å². The van der Waals surface area contributed by atoms with Gasteiger partial charge in [-0.3, -0.25) is 0 Å². The van der Waals surface area contributed by atoms with E-state index in [1.54, 1.807) is 19.2 Å². The summed E-state index contributed by atoms with van der Waals surface area (Å²) in [7, 11) is 1.65. The molecule has 2 aromatic carbocycles. The van der Waals surface area contributed by atoms with Gasteiger partial charge in [-0.05, 0) is 42.3 Å². The first-order chi connectivity index (χ1) is 9.10. The van der Waals surface area contributed by atoms with Gasteiger partial charge in [-0.1, -0.05) is 44.0 Å². The Bertz CT molecular complexity index is 572. The molecule has 1 nitrogen and oxygen atoms in total. The predicted molar refractivity (Wildman–Crippen MR) is 82.5 cm³/mol. The molecule has 0 aliphatic carbocycles. The van der Waals surface area contributed by atoms with Gasteiger partial charge in [-0.15, -0.1) is 0 Å². The van der Waals surface area contributed by atoms with Gasteiger partial charge in [0.05, 0.1) is 7.11 Å². The van der Waals surface area contributed by atoms with Crippen molar-refractivity contribution < 1.29 is 9.13 Å². The molecule has 2 aromatic rings. The largest absolute Gasteiger partial charge is 0.496 e. The normalized spacial score (nSPS) is 12.2. The molecule has 0 bridgehead atoms. The summed E-state index contributed by atoms with van der Waals surface area (Å²) in [5, 5.41) is 0. The topological polar surface area (TPSA) is 9.23 Å². The Hall–Kier alpha value is -0.870. The third-order valence-electron chi connectivity index (χ3n) is 2.83. The standard InChI is InChI=1S/C15H13Br2FO/c1-19-15-6-5-11(16)9-13(15)14(17)8-10-3-2-4-12(18)7-10/h2-7,9,14H,8H2,1H3. The highest BCUT2D eigenvalue weighted by Crippen LogP contribution is 2.35. The first kappa shape index (κ1) is 14.5. The molecular formula is C15H13Br2FO. The van der Waals surface area contributed by atoms with Gasteiger partial charge >= 0.3 is 0 Å². The van der Waals surface area contributed by atoms with Gasteiger partial charge in [0.15, 0.2) is 0 Å². The molecule has 0 amide bonds. The van der Waals surface area contributed by atoms with Gasteiger partial charge in [0.25, 0.3) is 0 Å². The van der Waals surface area contributed by atoms with Crippen LogP contribution in [0.1, 0.15) is 16.0 Å². The predicted octanol–water partition coefficient (Wildman–Crippen LogP) is 5.28. The molecule has 0 spiro atoms. The lowest BCUT2D eigenvalue weighted by molar-refractivity contribution is 0.409. The highest BCUT2D eigenvalue weighted by molar-refractivity contribution is 9.10. The molecule has 2 rings (SSSR count). The third-order valence-corrected chi connectivity index (χ3v) is 4.14. The van der Waals surface area contributed by atoms with Crippen LogP contribution in [0, 0.1) is 5.82 Å². The second-order valence-corrected chi connectivity index (χ2v) is 6.21. The van der Waals surface area contributed by atoms with Gasteiger partial charge in [-0.2, -0.15) is 0 Å². The maximum Gasteiger partial charge on any atom is 0.123 e. The van der Waals surface area contributed by atoms with Crippen molar-refractivity contribution in [2.75, 3.05) is 7.11 Å². The Labute approximate surface area is 129 Å². The number of ether oxygens (including phenoxy) is 1. The van der Waals surface area contributed by atoms with Crippen molar-refractivity contribution in [1.82, 2.24) is 0 Å². The minimum atomic E-state index is -0.210. The van der Waals surface area contributed by atoms with Gasteiger partial charge in [0.2, 0.25) is 0 Å². The fraction of sp³-hybridized carbons (Fsp3) is 0.200. The van der Waals surface area contributed by atoms with Crippen LogP contribution < -0.4 is 4.74 Å². The van der Waals surface area contributed by atoms with Gasteiger partial charge < -0.3 is 4.74 Å². The highest BCUT2D eigenvalue weighted by atomic mass is 79.9. The van der Waals surface area contributed by atoms with Crippen LogP contribution >= 0.6 is 31.9 Å². The first-order valence-electron chi connectivity index (χ1n) is 5.82. The Morgan fingerprint density at radius 2 is 2.00 bits per heavy atom.